The molecule has 1 N–H and O–H groups in total. The van der Waals surface area contributed by atoms with Gasteiger partial charge >= 0.3 is 5.97 Å². The van der Waals surface area contributed by atoms with Gasteiger partial charge in [-0.25, -0.2) is 4.98 Å². The van der Waals surface area contributed by atoms with Crippen LogP contribution >= 0.6 is 23.4 Å². The van der Waals surface area contributed by atoms with Crippen molar-refractivity contribution in [2.24, 2.45) is 0 Å². The van der Waals surface area contributed by atoms with Crippen LogP contribution in [0, 0.1) is 0 Å². The summed E-state index contributed by atoms with van der Waals surface area (Å²) in [4.78, 5) is 15.8. The monoisotopic (exact) mass is 341 g/mol. The summed E-state index contributed by atoms with van der Waals surface area (Å²) < 4.78 is 10.5. The number of hydrogen-bond acceptors (Lipinski definition) is 6. The third-order valence-electron chi connectivity index (χ3n) is 2.60. The zero-order valence-corrected chi connectivity index (χ0v) is 13.8. The summed E-state index contributed by atoms with van der Waals surface area (Å²) in [6.45, 7) is 4.14. The third-order valence-corrected chi connectivity index (χ3v) is 3.79. The lowest BCUT2D eigenvalue weighted by Gasteiger charge is -2.06. The Hall–Kier alpha value is -1.73. The molecule has 1 aromatic carbocycles. The predicted octanol–water partition coefficient (Wildman–Crippen LogP) is 3.08. The van der Waals surface area contributed by atoms with Gasteiger partial charge in [-0.3, -0.25) is 9.89 Å². The molecule has 1 aromatic heterocycles. The van der Waals surface area contributed by atoms with E-state index < -0.39 is 0 Å². The molecule has 1 heterocycles. The second-order valence-corrected chi connectivity index (χ2v) is 6.06. The number of ether oxygens (including phenoxy) is 2. The summed E-state index contributed by atoms with van der Waals surface area (Å²) in [6.07, 6.45) is 0. The fourth-order valence-electron chi connectivity index (χ4n) is 1.54. The van der Waals surface area contributed by atoms with Gasteiger partial charge in [0.2, 0.25) is 5.16 Å². The first-order chi connectivity index (χ1) is 10.6. The molecule has 6 nitrogen and oxygen atoms in total. The summed E-state index contributed by atoms with van der Waals surface area (Å²) in [5, 5.41) is 7.59. The van der Waals surface area contributed by atoms with Crippen LogP contribution in [-0.2, 0) is 16.1 Å². The fraction of sp³-hybridized carbons (Fsp3) is 0.357. The van der Waals surface area contributed by atoms with Crippen LogP contribution in [0.5, 0.6) is 5.75 Å². The summed E-state index contributed by atoms with van der Waals surface area (Å²) >= 11 is 7.04. The maximum atomic E-state index is 11.5. The number of halogens is 1. The minimum Gasteiger partial charge on any atom is -0.486 e. The topological polar surface area (TPSA) is 77.1 Å². The Kier molecular flexibility index (Phi) is 6.09. The first kappa shape index (κ1) is 16.6. The van der Waals surface area contributed by atoms with E-state index >= 15 is 0 Å². The third kappa shape index (κ3) is 4.92. The molecular weight excluding hydrogens is 326 g/mol. The number of aromatic amines is 1. The Balaban J connectivity index is 1.86. The number of nitrogens with zero attached hydrogens (tertiary/aromatic N) is 2. The number of nitrogens with one attached hydrogen (secondary N) is 1. The number of rotatable bonds is 7. The molecule has 1 atom stereocenters. The first-order valence-electron chi connectivity index (χ1n) is 6.71. The molecule has 8 heteroatoms. The molecule has 22 heavy (non-hydrogen) atoms. The molecule has 118 valence electrons. The van der Waals surface area contributed by atoms with Crippen molar-refractivity contribution in [2.45, 2.75) is 30.9 Å². The van der Waals surface area contributed by atoms with Crippen molar-refractivity contribution in [3.63, 3.8) is 0 Å². The second-order valence-electron chi connectivity index (χ2n) is 4.32. The molecule has 0 radical (unpaired) electrons. The molecule has 0 aliphatic rings. The Morgan fingerprint density at radius 2 is 2.14 bits per heavy atom. The van der Waals surface area contributed by atoms with Crippen LogP contribution in [0.4, 0.5) is 0 Å². The van der Waals surface area contributed by atoms with Crippen LogP contribution in [0.3, 0.4) is 0 Å². The molecule has 0 bridgehead atoms. The number of H-pyrrole nitrogens is 1. The van der Waals surface area contributed by atoms with E-state index in [1.54, 1.807) is 38.1 Å². The molecule has 0 spiro atoms. The molecule has 0 aliphatic carbocycles. The lowest BCUT2D eigenvalue weighted by molar-refractivity contribution is -0.142. The molecular formula is C14H16ClN3O3S. The van der Waals surface area contributed by atoms with Crippen molar-refractivity contribution in [3.8, 4) is 5.75 Å². The van der Waals surface area contributed by atoms with Gasteiger partial charge in [0, 0.05) is 5.02 Å². The van der Waals surface area contributed by atoms with Crippen molar-refractivity contribution in [1.82, 2.24) is 15.2 Å². The lowest BCUT2D eigenvalue weighted by Crippen LogP contribution is -2.16. The molecule has 0 amide bonds. The van der Waals surface area contributed by atoms with E-state index in [-0.39, 0.29) is 17.8 Å². The van der Waals surface area contributed by atoms with Gasteiger partial charge in [0.15, 0.2) is 5.82 Å². The van der Waals surface area contributed by atoms with Crippen LogP contribution in [0.25, 0.3) is 0 Å². The van der Waals surface area contributed by atoms with Gasteiger partial charge in [-0.05, 0) is 38.1 Å². The highest BCUT2D eigenvalue weighted by atomic mass is 35.5. The minimum atomic E-state index is -0.360. The van der Waals surface area contributed by atoms with Gasteiger partial charge < -0.3 is 9.47 Å². The van der Waals surface area contributed by atoms with Gasteiger partial charge in [-0.2, -0.15) is 0 Å². The fourth-order valence-corrected chi connectivity index (χ4v) is 2.41. The second kappa shape index (κ2) is 8.05. The Labute approximate surface area is 137 Å². The normalized spacial score (nSPS) is 12.0. The van der Waals surface area contributed by atoms with E-state index in [2.05, 4.69) is 15.2 Å². The standard InChI is InChI=1S/C14H16ClN3O3S/c1-3-20-13(19)9(2)22-14-16-12(17-18-14)8-21-11-6-4-10(15)5-7-11/h4-7,9H,3,8H2,1-2H3,(H,16,17,18)/t9-/m0/s1. The highest BCUT2D eigenvalue weighted by Gasteiger charge is 2.18. The zero-order chi connectivity index (χ0) is 15.9. The average molecular weight is 342 g/mol. The number of aromatic nitrogens is 3. The SMILES string of the molecule is CCOC(=O)[C@H](C)Sc1n[nH]c(COc2ccc(Cl)cc2)n1. The van der Waals surface area contributed by atoms with Gasteiger partial charge in [-0.1, -0.05) is 23.4 Å². The van der Waals surface area contributed by atoms with Gasteiger partial charge in [0.25, 0.3) is 0 Å². The van der Waals surface area contributed by atoms with Crippen LogP contribution in [0.15, 0.2) is 29.4 Å². The number of carbonyl (C=O) groups excluding carboxylic acids is 1. The quantitative estimate of drug-likeness (QED) is 0.616. The van der Waals surface area contributed by atoms with Gasteiger partial charge in [0.05, 0.1) is 6.61 Å². The van der Waals surface area contributed by atoms with E-state index in [1.165, 1.54) is 11.8 Å². The zero-order valence-electron chi connectivity index (χ0n) is 12.2. The van der Waals surface area contributed by atoms with Crippen molar-refractivity contribution in [2.75, 3.05) is 6.61 Å². The van der Waals surface area contributed by atoms with Gasteiger partial charge in [0.1, 0.15) is 17.6 Å². The molecule has 2 aromatic rings. The minimum absolute atomic E-state index is 0.253. The van der Waals surface area contributed by atoms with Crippen molar-refractivity contribution >= 4 is 29.3 Å². The van der Waals surface area contributed by atoms with Crippen LogP contribution in [0.2, 0.25) is 5.02 Å². The van der Waals surface area contributed by atoms with Crippen LogP contribution in [0.1, 0.15) is 19.7 Å². The highest BCUT2D eigenvalue weighted by molar-refractivity contribution is 8.00. The summed E-state index contributed by atoms with van der Waals surface area (Å²) in [5.74, 6) is 0.986. The van der Waals surface area contributed by atoms with Crippen molar-refractivity contribution < 1.29 is 14.3 Å². The smallest absolute Gasteiger partial charge is 0.319 e. The Bertz CT molecular complexity index is 618. The average Bonchev–Trinajstić information content (AvgIpc) is 2.94. The lowest BCUT2D eigenvalue weighted by atomic mass is 10.3. The molecule has 0 unspecified atom stereocenters. The summed E-state index contributed by atoms with van der Waals surface area (Å²) in [5.41, 5.74) is 0. The first-order valence-corrected chi connectivity index (χ1v) is 7.97. The summed E-state index contributed by atoms with van der Waals surface area (Å²) in [6, 6.07) is 7.05. The largest absolute Gasteiger partial charge is 0.486 e. The highest BCUT2D eigenvalue weighted by Crippen LogP contribution is 2.21. The van der Waals surface area contributed by atoms with E-state index in [4.69, 9.17) is 21.1 Å². The van der Waals surface area contributed by atoms with Crippen LogP contribution < -0.4 is 4.74 Å². The maximum absolute atomic E-state index is 11.5. The van der Waals surface area contributed by atoms with E-state index in [1.807, 2.05) is 0 Å². The number of carbonyl (C=O) groups is 1. The predicted molar refractivity (Wildman–Crippen MR) is 84.1 cm³/mol. The van der Waals surface area contributed by atoms with Crippen molar-refractivity contribution in [1.29, 1.82) is 0 Å². The van der Waals surface area contributed by atoms with E-state index in [0.717, 1.165) is 0 Å². The number of benzene rings is 1. The number of hydrogen-bond donors (Lipinski definition) is 1. The molecule has 2 rings (SSSR count). The molecule has 0 saturated heterocycles. The Morgan fingerprint density at radius 1 is 1.41 bits per heavy atom. The van der Waals surface area contributed by atoms with Crippen LogP contribution in [-0.4, -0.2) is 33.0 Å². The van der Waals surface area contributed by atoms with Gasteiger partial charge in [-0.15, -0.1) is 5.10 Å². The maximum Gasteiger partial charge on any atom is 0.319 e. The van der Waals surface area contributed by atoms with E-state index in [0.29, 0.717) is 28.4 Å². The van der Waals surface area contributed by atoms with Crippen molar-refractivity contribution in [3.05, 3.63) is 35.1 Å². The molecule has 0 fully saturated rings. The summed E-state index contributed by atoms with van der Waals surface area (Å²) in [7, 11) is 0. The Morgan fingerprint density at radius 3 is 2.82 bits per heavy atom. The van der Waals surface area contributed by atoms with E-state index in [9.17, 15) is 4.79 Å². The molecule has 0 aliphatic heterocycles. The number of thioether (sulfide) groups is 1. The molecule has 0 saturated carbocycles. The number of esters is 1.